The third-order valence-corrected chi connectivity index (χ3v) is 2.90. The lowest BCUT2D eigenvalue weighted by atomic mass is 10.3. The highest BCUT2D eigenvalue weighted by atomic mass is 35.5. The van der Waals surface area contributed by atoms with Gasteiger partial charge in [0.1, 0.15) is 5.02 Å². The van der Waals surface area contributed by atoms with Crippen LogP contribution in [0.3, 0.4) is 0 Å². The van der Waals surface area contributed by atoms with Crippen molar-refractivity contribution in [2.75, 3.05) is 6.54 Å². The summed E-state index contributed by atoms with van der Waals surface area (Å²) in [5.74, 6) is 0. The van der Waals surface area contributed by atoms with E-state index in [1.807, 2.05) is 13.0 Å². The molecule has 2 rings (SSSR count). The smallest absolute Gasteiger partial charge is 0.288 e. The SMILES string of the molecule is CCNCc1ccn(-c2ccc([N+](=O)[O-])c(Cl)c2)n1. The van der Waals surface area contributed by atoms with E-state index in [-0.39, 0.29) is 10.7 Å². The summed E-state index contributed by atoms with van der Waals surface area (Å²) in [6, 6.07) is 6.42. The topological polar surface area (TPSA) is 73.0 Å². The first kappa shape index (κ1) is 13.5. The Morgan fingerprint density at radius 2 is 2.26 bits per heavy atom. The van der Waals surface area contributed by atoms with E-state index < -0.39 is 4.92 Å². The van der Waals surface area contributed by atoms with E-state index in [2.05, 4.69) is 10.4 Å². The molecule has 1 N–H and O–H groups in total. The molecule has 6 nitrogen and oxygen atoms in total. The fourth-order valence-electron chi connectivity index (χ4n) is 1.64. The van der Waals surface area contributed by atoms with Gasteiger partial charge in [-0.25, -0.2) is 4.68 Å². The molecule has 0 atom stereocenters. The molecule has 0 spiro atoms. The number of hydrogen-bond donors (Lipinski definition) is 1. The van der Waals surface area contributed by atoms with Crippen LogP contribution < -0.4 is 5.32 Å². The molecule has 2 aromatic rings. The van der Waals surface area contributed by atoms with Crippen molar-refractivity contribution in [3.05, 3.63) is 51.3 Å². The average Bonchev–Trinajstić information content (AvgIpc) is 2.84. The Hall–Kier alpha value is -1.92. The Morgan fingerprint density at radius 3 is 2.89 bits per heavy atom. The fraction of sp³-hybridized carbons (Fsp3) is 0.250. The molecule has 0 amide bonds. The number of aromatic nitrogens is 2. The van der Waals surface area contributed by atoms with Gasteiger partial charge in [0.05, 0.1) is 16.3 Å². The second-order valence-corrected chi connectivity index (χ2v) is 4.33. The predicted molar refractivity (Wildman–Crippen MR) is 72.6 cm³/mol. The molecule has 0 aliphatic carbocycles. The lowest BCUT2D eigenvalue weighted by Gasteiger charge is -2.02. The van der Waals surface area contributed by atoms with Gasteiger partial charge in [-0.1, -0.05) is 18.5 Å². The zero-order valence-corrected chi connectivity index (χ0v) is 11.1. The van der Waals surface area contributed by atoms with Crippen LogP contribution in [0.25, 0.3) is 5.69 Å². The summed E-state index contributed by atoms with van der Waals surface area (Å²) in [5, 5.41) is 18.3. The molecule has 0 aliphatic rings. The molecule has 7 heteroatoms. The highest BCUT2D eigenvalue weighted by Gasteiger charge is 2.13. The molecular weight excluding hydrogens is 268 g/mol. The van der Waals surface area contributed by atoms with E-state index in [1.165, 1.54) is 12.1 Å². The van der Waals surface area contributed by atoms with E-state index in [0.717, 1.165) is 12.2 Å². The first-order chi connectivity index (χ1) is 9.11. The van der Waals surface area contributed by atoms with Crippen molar-refractivity contribution in [2.24, 2.45) is 0 Å². The quantitative estimate of drug-likeness (QED) is 0.675. The van der Waals surface area contributed by atoms with Crippen LogP contribution in [0.5, 0.6) is 0 Å². The maximum absolute atomic E-state index is 10.7. The first-order valence-corrected chi connectivity index (χ1v) is 6.19. The van der Waals surface area contributed by atoms with E-state index in [9.17, 15) is 10.1 Å². The van der Waals surface area contributed by atoms with Gasteiger partial charge in [0, 0.05) is 18.8 Å². The third-order valence-electron chi connectivity index (χ3n) is 2.59. The molecule has 1 heterocycles. The first-order valence-electron chi connectivity index (χ1n) is 5.81. The Labute approximate surface area is 115 Å². The maximum atomic E-state index is 10.7. The number of nitrogens with one attached hydrogen (secondary N) is 1. The van der Waals surface area contributed by atoms with Crippen LogP contribution in [0, 0.1) is 10.1 Å². The summed E-state index contributed by atoms with van der Waals surface area (Å²) >= 11 is 5.87. The summed E-state index contributed by atoms with van der Waals surface area (Å²) in [6.45, 7) is 3.58. The minimum atomic E-state index is -0.508. The maximum Gasteiger partial charge on any atom is 0.288 e. The van der Waals surface area contributed by atoms with Gasteiger partial charge in [0.2, 0.25) is 0 Å². The van der Waals surface area contributed by atoms with E-state index in [4.69, 9.17) is 11.6 Å². The van der Waals surface area contributed by atoms with Crippen molar-refractivity contribution < 1.29 is 4.92 Å². The van der Waals surface area contributed by atoms with Crippen molar-refractivity contribution in [3.8, 4) is 5.69 Å². The zero-order valence-electron chi connectivity index (χ0n) is 10.3. The van der Waals surface area contributed by atoms with Gasteiger partial charge in [-0.3, -0.25) is 10.1 Å². The van der Waals surface area contributed by atoms with Gasteiger partial charge in [0.15, 0.2) is 0 Å². The van der Waals surface area contributed by atoms with Crippen molar-refractivity contribution in [1.82, 2.24) is 15.1 Å². The Balaban J connectivity index is 2.24. The molecule has 0 bridgehead atoms. The largest absolute Gasteiger partial charge is 0.311 e. The highest BCUT2D eigenvalue weighted by Crippen LogP contribution is 2.26. The van der Waals surface area contributed by atoms with E-state index in [1.54, 1.807) is 16.9 Å². The van der Waals surface area contributed by atoms with Gasteiger partial charge in [0.25, 0.3) is 5.69 Å². The van der Waals surface area contributed by atoms with Gasteiger partial charge in [-0.15, -0.1) is 0 Å². The van der Waals surface area contributed by atoms with Crippen LogP contribution in [0.1, 0.15) is 12.6 Å². The van der Waals surface area contributed by atoms with Crippen LogP contribution >= 0.6 is 11.6 Å². The summed E-state index contributed by atoms with van der Waals surface area (Å²) in [7, 11) is 0. The monoisotopic (exact) mass is 280 g/mol. The van der Waals surface area contributed by atoms with Gasteiger partial charge < -0.3 is 5.32 Å². The number of nitrogens with zero attached hydrogens (tertiary/aromatic N) is 3. The van der Waals surface area contributed by atoms with E-state index >= 15 is 0 Å². The minimum Gasteiger partial charge on any atom is -0.311 e. The molecule has 1 aromatic heterocycles. The molecule has 0 radical (unpaired) electrons. The summed E-state index contributed by atoms with van der Waals surface area (Å²) in [5.41, 5.74) is 1.49. The molecule has 0 unspecified atom stereocenters. The second kappa shape index (κ2) is 5.81. The lowest BCUT2D eigenvalue weighted by Crippen LogP contribution is -2.12. The number of benzene rings is 1. The lowest BCUT2D eigenvalue weighted by molar-refractivity contribution is -0.384. The van der Waals surface area contributed by atoms with Crippen molar-refractivity contribution in [3.63, 3.8) is 0 Å². The normalized spacial score (nSPS) is 10.6. The van der Waals surface area contributed by atoms with Gasteiger partial charge in [-0.05, 0) is 24.7 Å². The molecule has 0 saturated carbocycles. The van der Waals surface area contributed by atoms with Crippen molar-refractivity contribution in [1.29, 1.82) is 0 Å². The van der Waals surface area contributed by atoms with Crippen molar-refractivity contribution in [2.45, 2.75) is 13.5 Å². The second-order valence-electron chi connectivity index (χ2n) is 3.92. The van der Waals surface area contributed by atoms with Gasteiger partial charge >= 0.3 is 0 Å². The number of hydrogen-bond acceptors (Lipinski definition) is 4. The molecule has 100 valence electrons. The molecule has 1 aromatic carbocycles. The predicted octanol–water partition coefficient (Wildman–Crippen LogP) is 2.54. The number of halogens is 1. The Morgan fingerprint density at radius 1 is 1.47 bits per heavy atom. The van der Waals surface area contributed by atoms with Gasteiger partial charge in [-0.2, -0.15) is 5.10 Å². The number of rotatable bonds is 5. The highest BCUT2D eigenvalue weighted by molar-refractivity contribution is 6.32. The van der Waals surface area contributed by atoms with Crippen LogP contribution in [0.2, 0.25) is 5.02 Å². The van der Waals surface area contributed by atoms with Crippen LogP contribution in [-0.2, 0) is 6.54 Å². The third kappa shape index (κ3) is 3.10. The average molecular weight is 281 g/mol. The summed E-state index contributed by atoms with van der Waals surface area (Å²) < 4.78 is 1.64. The number of nitro benzene ring substituents is 1. The molecule has 19 heavy (non-hydrogen) atoms. The molecule has 0 saturated heterocycles. The fourth-order valence-corrected chi connectivity index (χ4v) is 1.88. The Kier molecular flexibility index (Phi) is 4.13. The van der Waals surface area contributed by atoms with Crippen LogP contribution in [0.4, 0.5) is 5.69 Å². The molecular formula is C12H13ClN4O2. The van der Waals surface area contributed by atoms with Crippen molar-refractivity contribution >= 4 is 17.3 Å². The Bertz CT molecular complexity index is 597. The van der Waals surface area contributed by atoms with E-state index in [0.29, 0.717) is 12.2 Å². The summed E-state index contributed by atoms with van der Waals surface area (Å²) in [4.78, 5) is 10.2. The molecule has 0 fully saturated rings. The zero-order chi connectivity index (χ0) is 13.8. The summed E-state index contributed by atoms with van der Waals surface area (Å²) in [6.07, 6.45) is 1.80. The van der Waals surface area contributed by atoms with Crippen LogP contribution in [0.15, 0.2) is 30.5 Å². The molecule has 0 aliphatic heterocycles. The minimum absolute atomic E-state index is 0.103. The number of nitro groups is 1. The van der Waals surface area contributed by atoms with Crippen LogP contribution in [-0.4, -0.2) is 21.2 Å². The standard InChI is InChI=1S/C12H13ClN4O2/c1-2-14-8-9-5-6-16(15-9)10-3-4-12(17(18)19)11(13)7-10/h3-7,14H,2,8H2,1H3.